The van der Waals surface area contributed by atoms with Crippen molar-refractivity contribution in [2.24, 2.45) is 0 Å². The van der Waals surface area contributed by atoms with Gasteiger partial charge in [-0.1, -0.05) is 22.0 Å². The molecule has 0 heterocycles. The SMILES string of the molecule is CCOC(=O)Cc1cc(CBr)cc(OC)c1F. The van der Waals surface area contributed by atoms with Crippen LogP contribution >= 0.6 is 15.9 Å². The van der Waals surface area contributed by atoms with Gasteiger partial charge in [0.2, 0.25) is 0 Å². The molecule has 17 heavy (non-hydrogen) atoms. The van der Waals surface area contributed by atoms with E-state index in [1.165, 1.54) is 7.11 Å². The highest BCUT2D eigenvalue weighted by Crippen LogP contribution is 2.24. The van der Waals surface area contributed by atoms with Crippen molar-refractivity contribution < 1.29 is 18.7 Å². The van der Waals surface area contributed by atoms with Crippen LogP contribution in [0.25, 0.3) is 0 Å². The third-order valence-corrected chi connectivity index (χ3v) is 2.84. The van der Waals surface area contributed by atoms with Crippen molar-refractivity contribution in [1.82, 2.24) is 0 Å². The summed E-state index contributed by atoms with van der Waals surface area (Å²) in [5, 5.41) is 0.569. The van der Waals surface area contributed by atoms with Gasteiger partial charge < -0.3 is 9.47 Å². The minimum atomic E-state index is -0.509. The number of ether oxygens (including phenoxy) is 2. The summed E-state index contributed by atoms with van der Waals surface area (Å²) in [4.78, 5) is 11.3. The normalized spacial score (nSPS) is 10.1. The minimum Gasteiger partial charge on any atom is -0.494 e. The summed E-state index contributed by atoms with van der Waals surface area (Å²) in [5.74, 6) is -0.813. The lowest BCUT2D eigenvalue weighted by Crippen LogP contribution is -2.09. The van der Waals surface area contributed by atoms with E-state index in [0.717, 1.165) is 5.56 Å². The van der Waals surface area contributed by atoms with Crippen molar-refractivity contribution in [1.29, 1.82) is 0 Å². The molecule has 0 N–H and O–H groups in total. The molecule has 0 unspecified atom stereocenters. The molecule has 0 fully saturated rings. The summed E-state index contributed by atoms with van der Waals surface area (Å²) in [6.45, 7) is 2.00. The first-order valence-corrected chi connectivity index (χ1v) is 6.31. The number of alkyl halides is 1. The lowest BCUT2D eigenvalue weighted by molar-refractivity contribution is -0.142. The first-order chi connectivity index (χ1) is 8.12. The highest BCUT2D eigenvalue weighted by molar-refractivity contribution is 9.08. The predicted octanol–water partition coefficient (Wildman–Crippen LogP) is 2.83. The van der Waals surface area contributed by atoms with Gasteiger partial charge in [0.1, 0.15) is 0 Å². The van der Waals surface area contributed by atoms with Crippen LogP contribution in [-0.2, 0) is 21.3 Å². The number of carbonyl (C=O) groups is 1. The van der Waals surface area contributed by atoms with Crippen LogP contribution in [-0.4, -0.2) is 19.7 Å². The zero-order valence-electron chi connectivity index (χ0n) is 9.76. The van der Waals surface area contributed by atoms with Gasteiger partial charge in [-0.25, -0.2) is 4.39 Å². The topological polar surface area (TPSA) is 35.5 Å². The fourth-order valence-electron chi connectivity index (χ4n) is 1.44. The fraction of sp³-hybridized carbons (Fsp3) is 0.417. The highest BCUT2D eigenvalue weighted by atomic mass is 79.9. The van der Waals surface area contributed by atoms with E-state index in [-0.39, 0.29) is 24.3 Å². The summed E-state index contributed by atoms with van der Waals surface area (Å²) in [7, 11) is 1.39. The van der Waals surface area contributed by atoms with E-state index in [1.54, 1.807) is 19.1 Å². The zero-order chi connectivity index (χ0) is 12.8. The number of methoxy groups -OCH3 is 1. The molecule has 0 radical (unpaired) electrons. The van der Waals surface area contributed by atoms with Crippen LogP contribution in [0.3, 0.4) is 0 Å². The highest BCUT2D eigenvalue weighted by Gasteiger charge is 2.14. The summed E-state index contributed by atoms with van der Waals surface area (Å²) in [6.07, 6.45) is -0.0864. The first-order valence-electron chi connectivity index (χ1n) is 5.19. The van der Waals surface area contributed by atoms with Gasteiger partial charge in [0, 0.05) is 10.9 Å². The quantitative estimate of drug-likeness (QED) is 0.620. The van der Waals surface area contributed by atoms with Crippen molar-refractivity contribution in [3.8, 4) is 5.75 Å². The van der Waals surface area contributed by atoms with Gasteiger partial charge in [-0.05, 0) is 18.6 Å². The lowest BCUT2D eigenvalue weighted by Gasteiger charge is -2.09. The summed E-state index contributed by atoms with van der Waals surface area (Å²) < 4.78 is 23.6. The average Bonchev–Trinajstić information content (AvgIpc) is 2.32. The van der Waals surface area contributed by atoms with Crippen LogP contribution in [0, 0.1) is 5.82 Å². The number of esters is 1. The number of benzene rings is 1. The monoisotopic (exact) mass is 304 g/mol. The van der Waals surface area contributed by atoms with Crippen molar-refractivity contribution in [3.05, 3.63) is 29.1 Å². The van der Waals surface area contributed by atoms with Gasteiger partial charge in [-0.3, -0.25) is 4.79 Å². The first kappa shape index (κ1) is 14.0. The standard InChI is InChI=1S/C12H14BrFO3/c1-3-17-11(15)6-9-4-8(7-13)5-10(16-2)12(9)14/h4-5H,3,6-7H2,1-2H3. The Morgan fingerprint density at radius 3 is 2.71 bits per heavy atom. The molecule has 0 aliphatic rings. The molecule has 0 aliphatic heterocycles. The molecule has 5 heteroatoms. The number of carbonyl (C=O) groups excluding carboxylic acids is 1. The maximum Gasteiger partial charge on any atom is 0.310 e. The number of halogens is 2. The van der Waals surface area contributed by atoms with E-state index >= 15 is 0 Å². The molecule has 94 valence electrons. The summed E-state index contributed by atoms with van der Waals surface area (Å²) >= 11 is 3.28. The molecule has 0 atom stereocenters. The third kappa shape index (κ3) is 3.70. The Bertz CT molecular complexity index is 407. The molecule has 0 saturated carbocycles. The predicted molar refractivity (Wildman–Crippen MR) is 65.9 cm³/mol. The van der Waals surface area contributed by atoms with Crippen molar-refractivity contribution >= 4 is 21.9 Å². The molecule has 0 amide bonds. The minimum absolute atomic E-state index is 0.0864. The number of rotatable bonds is 5. The van der Waals surface area contributed by atoms with Crippen LogP contribution in [0.2, 0.25) is 0 Å². The maximum atomic E-state index is 13.8. The summed E-state index contributed by atoms with van der Waals surface area (Å²) in [6, 6.07) is 3.22. The second-order valence-electron chi connectivity index (χ2n) is 3.39. The average molecular weight is 305 g/mol. The Morgan fingerprint density at radius 2 is 2.18 bits per heavy atom. The van der Waals surface area contributed by atoms with Gasteiger partial charge in [-0.2, -0.15) is 0 Å². The Kier molecular flexibility index (Phi) is 5.41. The van der Waals surface area contributed by atoms with Crippen LogP contribution in [0.15, 0.2) is 12.1 Å². The largest absolute Gasteiger partial charge is 0.494 e. The number of hydrogen-bond donors (Lipinski definition) is 0. The van der Waals surface area contributed by atoms with Crippen LogP contribution in [0.4, 0.5) is 4.39 Å². The molecule has 0 spiro atoms. The van der Waals surface area contributed by atoms with E-state index in [9.17, 15) is 9.18 Å². The van der Waals surface area contributed by atoms with Gasteiger partial charge >= 0.3 is 5.97 Å². The van der Waals surface area contributed by atoms with Crippen LogP contribution in [0.1, 0.15) is 18.1 Å². The maximum absolute atomic E-state index is 13.8. The van der Waals surface area contributed by atoms with Gasteiger partial charge in [0.15, 0.2) is 11.6 Å². The van der Waals surface area contributed by atoms with Crippen molar-refractivity contribution in [3.63, 3.8) is 0 Å². The molecule has 0 aliphatic carbocycles. The second kappa shape index (κ2) is 6.59. The van der Waals surface area contributed by atoms with Crippen molar-refractivity contribution in [2.75, 3.05) is 13.7 Å². The molecular weight excluding hydrogens is 291 g/mol. The molecule has 0 saturated heterocycles. The Balaban J connectivity index is 3.00. The summed E-state index contributed by atoms with van der Waals surface area (Å²) in [5.41, 5.74) is 1.14. The second-order valence-corrected chi connectivity index (χ2v) is 3.95. The Labute approximate surface area is 108 Å². The molecule has 1 rings (SSSR count). The number of hydrogen-bond acceptors (Lipinski definition) is 3. The van der Waals surface area contributed by atoms with E-state index in [2.05, 4.69) is 15.9 Å². The van der Waals surface area contributed by atoms with Crippen molar-refractivity contribution in [2.45, 2.75) is 18.7 Å². The van der Waals surface area contributed by atoms with Crippen LogP contribution < -0.4 is 4.74 Å². The van der Waals surface area contributed by atoms with E-state index in [0.29, 0.717) is 5.33 Å². The van der Waals surface area contributed by atoms with Gasteiger partial charge in [-0.15, -0.1) is 0 Å². The fourth-order valence-corrected chi connectivity index (χ4v) is 1.76. The molecule has 1 aromatic rings. The van der Waals surface area contributed by atoms with Gasteiger partial charge in [0.05, 0.1) is 20.1 Å². The molecule has 0 aromatic heterocycles. The molecule has 1 aromatic carbocycles. The van der Waals surface area contributed by atoms with Crippen LogP contribution in [0.5, 0.6) is 5.75 Å². The van der Waals surface area contributed by atoms with Gasteiger partial charge in [0.25, 0.3) is 0 Å². The zero-order valence-corrected chi connectivity index (χ0v) is 11.3. The smallest absolute Gasteiger partial charge is 0.310 e. The Hall–Kier alpha value is -1.10. The molecule has 0 bridgehead atoms. The van der Waals surface area contributed by atoms with E-state index < -0.39 is 11.8 Å². The lowest BCUT2D eigenvalue weighted by atomic mass is 10.1. The third-order valence-electron chi connectivity index (χ3n) is 2.19. The van der Waals surface area contributed by atoms with E-state index in [4.69, 9.17) is 9.47 Å². The Morgan fingerprint density at radius 1 is 1.47 bits per heavy atom. The van der Waals surface area contributed by atoms with E-state index in [1.807, 2.05) is 0 Å². The molecular formula is C12H14BrFO3. The molecule has 3 nitrogen and oxygen atoms in total.